The van der Waals surface area contributed by atoms with Gasteiger partial charge in [0, 0.05) is 35.9 Å². The molecule has 0 radical (unpaired) electrons. The molecule has 0 aliphatic carbocycles. The van der Waals surface area contributed by atoms with Crippen LogP contribution < -0.4 is 5.32 Å². The molecule has 1 saturated heterocycles. The molecule has 4 heterocycles. The van der Waals surface area contributed by atoms with Crippen molar-refractivity contribution in [3.8, 4) is 11.4 Å². The lowest BCUT2D eigenvalue weighted by atomic mass is 10.0. The first-order valence-corrected chi connectivity index (χ1v) is 11.1. The van der Waals surface area contributed by atoms with E-state index < -0.39 is 21.4 Å². The number of piperidine rings is 1. The number of pyridine rings is 1. The number of hydrogen-bond acceptors (Lipinski definition) is 7. The number of aromatic nitrogens is 4. The fraction of sp³-hybridized carbons (Fsp3) is 0.421. The first-order chi connectivity index (χ1) is 14.3. The summed E-state index contributed by atoms with van der Waals surface area (Å²) >= 11 is 6.06. The molecule has 1 aliphatic rings. The van der Waals surface area contributed by atoms with Gasteiger partial charge < -0.3 is 10.3 Å². The second-order valence-electron chi connectivity index (χ2n) is 7.82. The lowest BCUT2D eigenvalue weighted by molar-refractivity contribution is 0.148. The number of fused-ring (bicyclic) bond motifs is 1. The van der Waals surface area contributed by atoms with Gasteiger partial charge in [0.2, 0.25) is 0 Å². The summed E-state index contributed by atoms with van der Waals surface area (Å²) in [5.41, 5.74) is 1.30. The van der Waals surface area contributed by atoms with Gasteiger partial charge in [-0.3, -0.25) is 4.90 Å². The summed E-state index contributed by atoms with van der Waals surface area (Å²) < 4.78 is 37.7. The van der Waals surface area contributed by atoms with Crippen LogP contribution in [-0.4, -0.2) is 57.3 Å². The molecule has 0 spiro atoms. The normalized spacial score (nSPS) is 18.2. The van der Waals surface area contributed by atoms with Crippen molar-refractivity contribution >= 4 is 39.2 Å². The highest BCUT2D eigenvalue weighted by atomic mass is 35.5. The molecule has 4 rings (SSSR count). The summed E-state index contributed by atoms with van der Waals surface area (Å²) in [4.78, 5) is 16.7. The lowest BCUT2D eigenvalue weighted by Gasteiger charge is -2.40. The molecule has 11 heteroatoms. The van der Waals surface area contributed by atoms with Crippen molar-refractivity contribution in [2.75, 3.05) is 18.4 Å². The zero-order chi connectivity index (χ0) is 21.5. The number of likely N-dealkylation sites (tertiary alicyclic amines) is 1. The van der Waals surface area contributed by atoms with Crippen molar-refractivity contribution in [1.82, 2.24) is 24.8 Å². The maximum Gasteiger partial charge on any atom is 0.183 e. The third-order valence-electron chi connectivity index (χ3n) is 5.47. The van der Waals surface area contributed by atoms with Crippen molar-refractivity contribution in [3.05, 3.63) is 35.5 Å². The highest BCUT2D eigenvalue weighted by Gasteiger charge is 2.34. The van der Waals surface area contributed by atoms with Gasteiger partial charge >= 0.3 is 0 Å². The molecule has 1 fully saturated rings. The van der Waals surface area contributed by atoms with E-state index in [0.717, 1.165) is 24.4 Å². The van der Waals surface area contributed by atoms with E-state index in [9.17, 15) is 12.8 Å². The van der Waals surface area contributed by atoms with Crippen LogP contribution in [0.1, 0.15) is 26.7 Å². The van der Waals surface area contributed by atoms with Crippen molar-refractivity contribution in [2.45, 2.75) is 37.6 Å². The summed E-state index contributed by atoms with van der Waals surface area (Å²) in [6.45, 7) is 4.51. The minimum absolute atomic E-state index is 0.0838. The number of halogens is 2. The highest BCUT2D eigenvalue weighted by Crippen LogP contribution is 2.29. The van der Waals surface area contributed by atoms with Crippen LogP contribution in [0.15, 0.2) is 24.7 Å². The van der Waals surface area contributed by atoms with Crippen LogP contribution in [0.2, 0.25) is 5.02 Å². The predicted octanol–water partition coefficient (Wildman–Crippen LogP) is 3.04. The third kappa shape index (κ3) is 3.99. The molecule has 2 N–H and O–H groups in total. The SMILES string of the molecule is CC(C)(N1CCC[C@H](Nc2nc(-c3c[nH]c4ncc(Cl)cc34)ncc2F)C1)[SH](=O)=O. The van der Waals surface area contributed by atoms with Gasteiger partial charge in [-0.2, -0.15) is 0 Å². The van der Waals surface area contributed by atoms with Crippen LogP contribution in [0.25, 0.3) is 22.4 Å². The van der Waals surface area contributed by atoms with Gasteiger partial charge in [-0.05, 0) is 39.3 Å². The van der Waals surface area contributed by atoms with Gasteiger partial charge in [0.15, 0.2) is 28.2 Å². The van der Waals surface area contributed by atoms with Gasteiger partial charge in [0.1, 0.15) is 10.5 Å². The van der Waals surface area contributed by atoms with Gasteiger partial charge in [-0.25, -0.2) is 27.8 Å². The first-order valence-electron chi connectivity index (χ1n) is 9.57. The molecule has 30 heavy (non-hydrogen) atoms. The molecule has 0 unspecified atom stereocenters. The maximum absolute atomic E-state index is 14.5. The third-order valence-corrected chi connectivity index (χ3v) is 6.85. The van der Waals surface area contributed by atoms with Crippen molar-refractivity contribution in [3.63, 3.8) is 0 Å². The number of rotatable bonds is 5. The molecular formula is C19H22ClFN6O2S. The van der Waals surface area contributed by atoms with E-state index in [1.54, 1.807) is 26.1 Å². The highest BCUT2D eigenvalue weighted by molar-refractivity contribution is 7.73. The fourth-order valence-electron chi connectivity index (χ4n) is 3.66. The van der Waals surface area contributed by atoms with E-state index in [0.29, 0.717) is 35.1 Å². The van der Waals surface area contributed by atoms with Crippen LogP contribution in [0, 0.1) is 5.82 Å². The average Bonchev–Trinajstić information content (AvgIpc) is 3.13. The second kappa shape index (κ2) is 8.09. The number of anilines is 1. The Labute approximate surface area is 179 Å². The molecule has 0 aromatic carbocycles. The van der Waals surface area contributed by atoms with Crippen molar-refractivity contribution in [1.29, 1.82) is 0 Å². The van der Waals surface area contributed by atoms with Crippen molar-refractivity contribution in [2.24, 2.45) is 0 Å². The zero-order valence-electron chi connectivity index (χ0n) is 16.5. The number of H-pyrrole nitrogens is 1. The molecule has 3 aromatic rings. The Balaban J connectivity index is 1.60. The average molecular weight is 453 g/mol. The molecule has 1 atom stereocenters. The van der Waals surface area contributed by atoms with Gasteiger partial charge in [0.05, 0.1) is 11.2 Å². The topological polar surface area (TPSA) is 104 Å². The Bertz CT molecular complexity index is 1160. The number of aromatic amines is 1. The largest absolute Gasteiger partial charge is 0.363 e. The fourth-order valence-corrected chi connectivity index (χ4v) is 4.23. The number of thiol groups is 1. The standard InChI is InChI=1S/C19H22ClFN6O2S/c1-19(2,30(28)29)27-5-3-4-12(10-27)25-18-15(21)9-24-17(26-18)14-8-23-16-13(14)6-11(20)7-22-16/h6-9,12,30H,3-5,10H2,1-2H3,(H,22,23)(H,24,25,26)/t12-/m0/s1. The van der Waals surface area contributed by atoms with E-state index in [4.69, 9.17) is 11.6 Å². The Hall–Kier alpha value is -2.30. The summed E-state index contributed by atoms with van der Waals surface area (Å²) in [6.07, 6.45) is 5.96. The molecule has 0 bridgehead atoms. The number of nitrogens with one attached hydrogen (secondary N) is 2. The van der Waals surface area contributed by atoms with Crippen LogP contribution in [0.5, 0.6) is 0 Å². The van der Waals surface area contributed by atoms with Gasteiger partial charge in [0.25, 0.3) is 0 Å². The molecule has 0 amide bonds. The molecule has 8 nitrogen and oxygen atoms in total. The van der Waals surface area contributed by atoms with Crippen LogP contribution >= 0.6 is 11.6 Å². The minimum atomic E-state index is -2.62. The smallest absolute Gasteiger partial charge is 0.183 e. The lowest BCUT2D eigenvalue weighted by Crippen LogP contribution is -2.53. The van der Waals surface area contributed by atoms with Gasteiger partial charge in [-0.15, -0.1) is 0 Å². The molecule has 160 valence electrons. The van der Waals surface area contributed by atoms with Crippen LogP contribution in [-0.2, 0) is 10.7 Å². The summed E-state index contributed by atoms with van der Waals surface area (Å²) in [7, 11) is -2.62. The Morgan fingerprint density at radius 3 is 2.90 bits per heavy atom. The summed E-state index contributed by atoms with van der Waals surface area (Å²) in [5.74, 6) is -0.147. The van der Waals surface area contributed by atoms with E-state index in [1.807, 2.05) is 4.90 Å². The maximum atomic E-state index is 14.5. The molecule has 1 aliphatic heterocycles. The van der Waals surface area contributed by atoms with E-state index in [1.165, 1.54) is 6.20 Å². The summed E-state index contributed by atoms with van der Waals surface area (Å²) in [5, 5.41) is 4.35. The Morgan fingerprint density at radius 1 is 1.33 bits per heavy atom. The molecule has 3 aromatic heterocycles. The minimum Gasteiger partial charge on any atom is -0.363 e. The zero-order valence-corrected chi connectivity index (χ0v) is 18.2. The van der Waals surface area contributed by atoms with E-state index in [2.05, 4.69) is 25.3 Å². The predicted molar refractivity (Wildman–Crippen MR) is 115 cm³/mol. The van der Waals surface area contributed by atoms with E-state index in [-0.39, 0.29) is 11.9 Å². The monoisotopic (exact) mass is 452 g/mol. The first kappa shape index (κ1) is 21.0. The van der Waals surface area contributed by atoms with Crippen LogP contribution in [0.4, 0.5) is 10.2 Å². The number of nitrogens with zero attached hydrogens (tertiary/aromatic N) is 4. The Morgan fingerprint density at radius 2 is 2.13 bits per heavy atom. The second-order valence-corrected chi connectivity index (χ2v) is 9.87. The van der Waals surface area contributed by atoms with Crippen molar-refractivity contribution < 1.29 is 12.8 Å². The quantitative estimate of drug-likeness (QED) is 0.511. The molecule has 0 saturated carbocycles. The summed E-state index contributed by atoms with van der Waals surface area (Å²) in [6, 6.07) is 1.62. The molecular weight excluding hydrogens is 431 g/mol. The van der Waals surface area contributed by atoms with Gasteiger partial charge in [-0.1, -0.05) is 11.6 Å². The Kier molecular flexibility index (Phi) is 5.65. The van der Waals surface area contributed by atoms with E-state index >= 15 is 0 Å². The number of hydrogen-bond donors (Lipinski definition) is 3. The van der Waals surface area contributed by atoms with Crippen LogP contribution in [0.3, 0.4) is 0 Å².